The van der Waals surface area contributed by atoms with E-state index in [1.54, 1.807) is 7.11 Å². The van der Waals surface area contributed by atoms with Gasteiger partial charge in [0, 0.05) is 5.69 Å². The number of aryl methyl sites for hydroxylation is 2. The molecule has 2 N–H and O–H groups in total. The molecule has 0 aliphatic carbocycles. The van der Waals surface area contributed by atoms with Crippen molar-refractivity contribution >= 4 is 11.2 Å². The van der Waals surface area contributed by atoms with E-state index >= 15 is 0 Å². The van der Waals surface area contributed by atoms with Crippen molar-refractivity contribution in [1.29, 1.82) is 0 Å². The van der Waals surface area contributed by atoms with Crippen LogP contribution < -0.4 is 10.5 Å². The van der Waals surface area contributed by atoms with E-state index in [4.69, 9.17) is 10.5 Å². The minimum atomic E-state index is 0.499. The first-order valence-electron chi connectivity index (χ1n) is 4.99. The van der Waals surface area contributed by atoms with Crippen LogP contribution in [0.5, 0.6) is 5.88 Å². The quantitative estimate of drug-likeness (QED) is 0.813. The molecule has 2 aromatic heterocycles. The van der Waals surface area contributed by atoms with Gasteiger partial charge in [-0.05, 0) is 25.0 Å². The van der Waals surface area contributed by atoms with E-state index in [2.05, 4.69) is 18.1 Å². The van der Waals surface area contributed by atoms with Crippen molar-refractivity contribution in [1.82, 2.24) is 9.61 Å². The lowest BCUT2D eigenvalue weighted by molar-refractivity contribution is 0.396. The number of anilines is 1. The highest BCUT2D eigenvalue weighted by Crippen LogP contribution is 2.28. The van der Waals surface area contributed by atoms with Crippen LogP contribution >= 0.6 is 0 Å². The maximum absolute atomic E-state index is 5.99. The fourth-order valence-corrected chi connectivity index (χ4v) is 1.78. The van der Waals surface area contributed by atoms with Crippen molar-refractivity contribution in [3.05, 3.63) is 23.4 Å². The first-order valence-corrected chi connectivity index (χ1v) is 4.99. The van der Waals surface area contributed by atoms with E-state index < -0.39 is 0 Å². The topological polar surface area (TPSA) is 52.5 Å². The monoisotopic (exact) mass is 205 g/mol. The van der Waals surface area contributed by atoms with Crippen molar-refractivity contribution in [3.63, 3.8) is 0 Å². The van der Waals surface area contributed by atoms with Crippen molar-refractivity contribution in [2.24, 2.45) is 0 Å². The molecule has 0 atom stereocenters. The third-order valence-electron chi connectivity index (χ3n) is 2.63. The highest BCUT2D eigenvalue weighted by molar-refractivity contribution is 5.78. The molecule has 4 heteroatoms. The smallest absolute Gasteiger partial charge is 0.257 e. The number of nitrogens with zero attached hydrogens (tertiary/aromatic N) is 2. The third-order valence-corrected chi connectivity index (χ3v) is 2.63. The van der Waals surface area contributed by atoms with E-state index in [-0.39, 0.29) is 0 Å². The van der Waals surface area contributed by atoms with Crippen LogP contribution in [-0.4, -0.2) is 16.7 Å². The molecule has 0 bridgehead atoms. The zero-order valence-corrected chi connectivity index (χ0v) is 9.24. The number of ether oxygens (including phenoxy) is 1. The SMILES string of the molecule is CCc1ccc(C)n2nc(OC)c(N)c12. The second-order valence-corrected chi connectivity index (χ2v) is 3.54. The summed E-state index contributed by atoms with van der Waals surface area (Å²) < 4.78 is 6.97. The molecule has 0 aromatic carbocycles. The summed E-state index contributed by atoms with van der Waals surface area (Å²) in [6.07, 6.45) is 0.933. The molecule has 0 saturated carbocycles. The summed E-state index contributed by atoms with van der Waals surface area (Å²) in [6.45, 7) is 4.10. The standard InChI is InChI=1S/C11H15N3O/c1-4-8-6-5-7(2)14-10(8)9(12)11(13-14)15-3/h5-6H,4,12H2,1-3H3. The van der Waals surface area contributed by atoms with Gasteiger partial charge in [0.15, 0.2) is 0 Å². The van der Waals surface area contributed by atoms with Crippen LogP contribution in [0.15, 0.2) is 12.1 Å². The molecule has 0 aliphatic rings. The lowest BCUT2D eigenvalue weighted by Crippen LogP contribution is -1.97. The summed E-state index contributed by atoms with van der Waals surface area (Å²) in [7, 11) is 1.58. The normalized spacial score (nSPS) is 10.9. The zero-order chi connectivity index (χ0) is 11.0. The fraction of sp³-hybridized carbons (Fsp3) is 0.364. The van der Waals surface area contributed by atoms with Crippen molar-refractivity contribution in [2.45, 2.75) is 20.3 Å². The minimum absolute atomic E-state index is 0.499. The number of rotatable bonds is 2. The summed E-state index contributed by atoms with van der Waals surface area (Å²) in [4.78, 5) is 0. The minimum Gasteiger partial charge on any atom is -0.478 e. The average molecular weight is 205 g/mol. The molecule has 0 fully saturated rings. The molecule has 0 aliphatic heterocycles. The first kappa shape index (κ1) is 9.83. The number of pyridine rings is 1. The summed E-state index contributed by atoms with van der Waals surface area (Å²) in [5.41, 5.74) is 9.82. The van der Waals surface area contributed by atoms with E-state index in [9.17, 15) is 0 Å². The van der Waals surface area contributed by atoms with Crippen LogP contribution in [0, 0.1) is 6.92 Å². The lowest BCUT2D eigenvalue weighted by atomic mass is 10.1. The molecular weight excluding hydrogens is 190 g/mol. The molecule has 0 amide bonds. The predicted octanol–water partition coefficient (Wildman–Crippen LogP) is 1.80. The third kappa shape index (κ3) is 1.33. The van der Waals surface area contributed by atoms with Gasteiger partial charge in [0.25, 0.3) is 5.88 Å². The summed E-state index contributed by atoms with van der Waals surface area (Å²) in [6, 6.07) is 4.12. The molecule has 15 heavy (non-hydrogen) atoms. The van der Waals surface area contributed by atoms with Crippen LogP contribution in [0.3, 0.4) is 0 Å². The van der Waals surface area contributed by atoms with Crippen molar-refractivity contribution < 1.29 is 4.74 Å². The van der Waals surface area contributed by atoms with Gasteiger partial charge in [-0.15, -0.1) is 5.10 Å². The van der Waals surface area contributed by atoms with E-state index in [1.165, 1.54) is 5.56 Å². The Kier molecular flexibility index (Phi) is 2.26. The fourth-order valence-electron chi connectivity index (χ4n) is 1.78. The summed E-state index contributed by atoms with van der Waals surface area (Å²) >= 11 is 0. The highest BCUT2D eigenvalue weighted by atomic mass is 16.5. The summed E-state index contributed by atoms with van der Waals surface area (Å²) in [5, 5.41) is 4.31. The van der Waals surface area contributed by atoms with E-state index in [0.29, 0.717) is 11.6 Å². The van der Waals surface area contributed by atoms with Gasteiger partial charge in [0.2, 0.25) is 0 Å². The Morgan fingerprint density at radius 2 is 2.20 bits per heavy atom. The molecule has 2 heterocycles. The van der Waals surface area contributed by atoms with Crippen LogP contribution in [0.2, 0.25) is 0 Å². The molecule has 0 radical (unpaired) electrons. The average Bonchev–Trinajstić information content (AvgIpc) is 2.58. The van der Waals surface area contributed by atoms with Gasteiger partial charge in [0.1, 0.15) is 5.69 Å². The van der Waals surface area contributed by atoms with Crippen molar-refractivity contribution in [2.75, 3.05) is 12.8 Å². The Hall–Kier alpha value is -1.71. The maximum atomic E-state index is 5.99. The Morgan fingerprint density at radius 3 is 2.80 bits per heavy atom. The number of hydrogen-bond donors (Lipinski definition) is 1. The molecule has 0 unspecified atom stereocenters. The molecule has 80 valence electrons. The molecule has 0 spiro atoms. The molecule has 0 saturated heterocycles. The van der Waals surface area contributed by atoms with E-state index in [1.807, 2.05) is 17.5 Å². The first-order chi connectivity index (χ1) is 7.19. The molecular formula is C11H15N3O. The van der Waals surface area contributed by atoms with Gasteiger partial charge in [-0.2, -0.15) is 0 Å². The Bertz CT molecular complexity index is 502. The van der Waals surface area contributed by atoms with Gasteiger partial charge in [-0.3, -0.25) is 0 Å². The van der Waals surface area contributed by atoms with Crippen molar-refractivity contribution in [3.8, 4) is 5.88 Å². The second kappa shape index (κ2) is 3.46. The Labute approximate surface area is 88.7 Å². The molecule has 2 aromatic rings. The molecule has 2 rings (SSSR count). The number of nitrogens with two attached hydrogens (primary N) is 1. The largest absolute Gasteiger partial charge is 0.478 e. The lowest BCUT2D eigenvalue weighted by Gasteiger charge is -2.03. The zero-order valence-electron chi connectivity index (χ0n) is 9.24. The second-order valence-electron chi connectivity index (χ2n) is 3.54. The number of methoxy groups -OCH3 is 1. The van der Waals surface area contributed by atoms with Crippen LogP contribution in [0.25, 0.3) is 5.52 Å². The van der Waals surface area contributed by atoms with Crippen LogP contribution in [-0.2, 0) is 6.42 Å². The van der Waals surface area contributed by atoms with E-state index in [0.717, 1.165) is 17.6 Å². The number of fused-ring (bicyclic) bond motifs is 1. The maximum Gasteiger partial charge on any atom is 0.257 e. The Morgan fingerprint density at radius 1 is 1.47 bits per heavy atom. The van der Waals surface area contributed by atoms with Gasteiger partial charge in [-0.25, -0.2) is 4.52 Å². The number of nitrogen functional groups attached to an aromatic ring is 1. The number of hydrogen-bond acceptors (Lipinski definition) is 3. The van der Waals surface area contributed by atoms with Gasteiger partial charge in [-0.1, -0.05) is 13.0 Å². The highest BCUT2D eigenvalue weighted by Gasteiger charge is 2.13. The van der Waals surface area contributed by atoms with Crippen LogP contribution in [0.4, 0.5) is 5.69 Å². The summed E-state index contributed by atoms with van der Waals surface area (Å²) in [5.74, 6) is 0.499. The van der Waals surface area contributed by atoms with Gasteiger partial charge in [0.05, 0.1) is 12.6 Å². The van der Waals surface area contributed by atoms with Crippen LogP contribution in [0.1, 0.15) is 18.2 Å². The van der Waals surface area contributed by atoms with Gasteiger partial charge >= 0.3 is 0 Å². The van der Waals surface area contributed by atoms with Gasteiger partial charge < -0.3 is 10.5 Å². The number of aromatic nitrogens is 2. The molecule has 4 nitrogen and oxygen atoms in total. The predicted molar refractivity (Wildman–Crippen MR) is 60.3 cm³/mol. The Balaban J connectivity index is 2.85.